The minimum Gasteiger partial charge on any atom is -0.490 e. The first-order valence-corrected chi connectivity index (χ1v) is 8.41. The molecule has 0 radical (unpaired) electrons. The molecule has 0 saturated heterocycles. The third kappa shape index (κ3) is 5.40. The van der Waals surface area contributed by atoms with Gasteiger partial charge in [-0.1, -0.05) is 60.5 Å². The van der Waals surface area contributed by atoms with Gasteiger partial charge in [-0.15, -0.1) is 0 Å². The lowest BCUT2D eigenvalue weighted by Gasteiger charge is -2.14. The van der Waals surface area contributed by atoms with Crippen LogP contribution in [-0.4, -0.2) is 18.3 Å². The Morgan fingerprint density at radius 2 is 1.78 bits per heavy atom. The SMILES string of the molecule is CCCOc1c(Cl)cc(CNC[C@H](O)c2ccccc2)cc1Cl. The molecule has 0 heterocycles. The predicted molar refractivity (Wildman–Crippen MR) is 95.4 cm³/mol. The Kier molecular flexibility index (Phi) is 7.18. The first-order valence-electron chi connectivity index (χ1n) is 7.66. The van der Waals surface area contributed by atoms with Gasteiger partial charge in [0.05, 0.1) is 22.8 Å². The molecule has 0 aliphatic rings. The maximum atomic E-state index is 10.1. The van der Waals surface area contributed by atoms with Gasteiger partial charge >= 0.3 is 0 Å². The second kappa shape index (κ2) is 9.14. The summed E-state index contributed by atoms with van der Waals surface area (Å²) in [6.45, 7) is 3.63. The molecule has 0 spiro atoms. The van der Waals surface area contributed by atoms with E-state index >= 15 is 0 Å². The van der Waals surface area contributed by atoms with Crippen LogP contribution in [0.5, 0.6) is 5.75 Å². The van der Waals surface area contributed by atoms with Crippen LogP contribution in [0, 0.1) is 0 Å². The Labute approximate surface area is 147 Å². The van der Waals surface area contributed by atoms with Crippen LogP contribution in [0.25, 0.3) is 0 Å². The summed E-state index contributed by atoms with van der Waals surface area (Å²) in [4.78, 5) is 0. The monoisotopic (exact) mass is 353 g/mol. The van der Waals surface area contributed by atoms with Crippen LogP contribution in [-0.2, 0) is 6.54 Å². The van der Waals surface area contributed by atoms with E-state index in [1.54, 1.807) is 0 Å². The van der Waals surface area contributed by atoms with E-state index in [9.17, 15) is 5.11 Å². The molecule has 2 N–H and O–H groups in total. The van der Waals surface area contributed by atoms with Crippen LogP contribution in [0.1, 0.15) is 30.6 Å². The molecule has 124 valence electrons. The van der Waals surface area contributed by atoms with Crippen molar-refractivity contribution in [2.24, 2.45) is 0 Å². The smallest absolute Gasteiger partial charge is 0.156 e. The number of ether oxygens (including phenoxy) is 1. The first kappa shape index (κ1) is 18.1. The number of hydrogen-bond acceptors (Lipinski definition) is 3. The van der Waals surface area contributed by atoms with Gasteiger partial charge in [0.25, 0.3) is 0 Å². The molecule has 0 bridgehead atoms. The van der Waals surface area contributed by atoms with Crippen molar-refractivity contribution in [2.75, 3.05) is 13.2 Å². The van der Waals surface area contributed by atoms with Gasteiger partial charge in [0.15, 0.2) is 5.75 Å². The molecule has 2 aromatic carbocycles. The lowest BCUT2D eigenvalue weighted by Crippen LogP contribution is -2.21. The zero-order valence-corrected chi connectivity index (χ0v) is 14.6. The predicted octanol–water partition coefficient (Wildman–Crippen LogP) is 4.61. The summed E-state index contributed by atoms with van der Waals surface area (Å²) in [5.74, 6) is 0.531. The van der Waals surface area contributed by atoms with Crippen molar-refractivity contribution >= 4 is 23.2 Å². The number of rotatable bonds is 8. The largest absolute Gasteiger partial charge is 0.490 e. The minimum atomic E-state index is -0.547. The fourth-order valence-electron chi connectivity index (χ4n) is 2.20. The van der Waals surface area contributed by atoms with E-state index in [2.05, 4.69) is 5.32 Å². The van der Waals surface area contributed by atoms with Crippen LogP contribution in [0.2, 0.25) is 10.0 Å². The molecular formula is C18H21Cl2NO2. The molecule has 0 saturated carbocycles. The summed E-state index contributed by atoms with van der Waals surface area (Å²) in [7, 11) is 0. The highest BCUT2D eigenvalue weighted by molar-refractivity contribution is 6.37. The normalized spacial score (nSPS) is 12.2. The molecule has 0 unspecified atom stereocenters. The molecule has 2 rings (SSSR count). The molecule has 0 aliphatic carbocycles. The van der Waals surface area contributed by atoms with E-state index in [4.69, 9.17) is 27.9 Å². The zero-order valence-electron chi connectivity index (χ0n) is 13.1. The fourth-order valence-corrected chi connectivity index (χ4v) is 2.84. The summed E-state index contributed by atoms with van der Waals surface area (Å²) >= 11 is 12.4. The number of aliphatic hydroxyl groups is 1. The molecule has 0 fully saturated rings. The number of benzene rings is 2. The van der Waals surface area contributed by atoms with Gasteiger partial charge < -0.3 is 15.2 Å². The maximum Gasteiger partial charge on any atom is 0.156 e. The van der Waals surface area contributed by atoms with Gasteiger partial charge in [0.2, 0.25) is 0 Å². The second-order valence-corrected chi connectivity index (χ2v) is 6.11. The third-order valence-electron chi connectivity index (χ3n) is 3.36. The first-order chi connectivity index (χ1) is 11.1. The average molecular weight is 354 g/mol. The fraction of sp³-hybridized carbons (Fsp3) is 0.333. The van der Waals surface area contributed by atoms with E-state index in [0.29, 0.717) is 35.5 Å². The molecule has 1 atom stereocenters. The van der Waals surface area contributed by atoms with Gasteiger partial charge in [0, 0.05) is 13.1 Å². The summed E-state index contributed by atoms with van der Waals surface area (Å²) in [5, 5.41) is 14.3. The van der Waals surface area contributed by atoms with Crippen molar-refractivity contribution < 1.29 is 9.84 Å². The molecule has 0 aromatic heterocycles. The lowest BCUT2D eigenvalue weighted by molar-refractivity contribution is 0.174. The van der Waals surface area contributed by atoms with Gasteiger partial charge in [-0.05, 0) is 29.7 Å². The van der Waals surface area contributed by atoms with Crippen LogP contribution < -0.4 is 10.1 Å². The Bertz CT molecular complexity index is 597. The second-order valence-electron chi connectivity index (χ2n) is 5.29. The number of hydrogen-bond donors (Lipinski definition) is 2. The molecule has 0 aliphatic heterocycles. The third-order valence-corrected chi connectivity index (χ3v) is 3.92. The van der Waals surface area contributed by atoms with Crippen molar-refractivity contribution in [3.8, 4) is 5.75 Å². The molecule has 3 nitrogen and oxygen atoms in total. The van der Waals surface area contributed by atoms with Crippen LogP contribution >= 0.6 is 23.2 Å². The Morgan fingerprint density at radius 3 is 2.39 bits per heavy atom. The van der Waals surface area contributed by atoms with Crippen LogP contribution in [0.3, 0.4) is 0 Å². The number of halogens is 2. The van der Waals surface area contributed by atoms with E-state index in [-0.39, 0.29) is 0 Å². The highest BCUT2D eigenvalue weighted by Gasteiger charge is 2.10. The van der Waals surface area contributed by atoms with Crippen LogP contribution in [0.4, 0.5) is 0 Å². The highest BCUT2D eigenvalue weighted by Crippen LogP contribution is 2.34. The van der Waals surface area contributed by atoms with E-state index in [1.807, 2.05) is 49.4 Å². The number of aliphatic hydroxyl groups excluding tert-OH is 1. The summed E-state index contributed by atoms with van der Waals surface area (Å²) < 4.78 is 5.55. The molecule has 5 heteroatoms. The van der Waals surface area contributed by atoms with E-state index in [1.165, 1.54) is 0 Å². The Morgan fingerprint density at radius 1 is 1.13 bits per heavy atom. The van der Waals surface area contributed by atoms with Gasteiger partial charge in [0.1, 0.15) is 0 Å². The van der Waals surface area contributed by atoms with E-state index < -0.39 is 6.10 Å². The molecule has 23 heavy (non-hydrogen) atoms. The van der Waals surface area contributed by atoms with E-state index in [0.717, 1.165) is 17.5 Å². The quantitative estimate of drug-likeness (QED) is 0.728. The van der Waals surface area contributed by atoms with Crippen molar-refractivity contribution in [3.05, 3.63) is 63.6 Å². The maximum absolute atomic E-state index is 10.1. The average Bonchev–Trinajstić information content (AvgIpc) is 2.55. The van der Waals surface area contributed by atoms with Crippen molar-refractivity contribution in [3.63, 3.8) is 0 Å². The Hall–Kier alpha value is -1.26. The van der Waals surface area contributed by atoms with Gasteiger partial charge in [-0.25, -0.2) is 0 Å². The number of nitrogens with one attached hydrogen (secondary N) is 1. The topological polar surface area (TPSA) is 41.5 Å². The lowest BCUT2D eigenvalue weighted by atomic mass is 10.1. The highest BCUT2D eigenvalue weighted by atomic mass is 35.5. The van der Waals surface area contributed by atoms with Crippen molar-refractivity contribution in [2.45, 2.75) is 26.0 Å². The summed E-state index contributed by atoms with van der Waals surface area (Å²) in [6, 6.07) is 13.2. The Balaban J connectivity index is 1.91. The van der Waals surface area contributed by atoms with Gasteiger partial charge in [-0.3, -0.25) is 0 Å². The van der Waals surface area contributed by atoms with Crippen molar-refractivity contribution in [1.29, 1.82) is 0 Å². The summed E-state index contributed by atoms with van der Waals surface area (Å²) in [5.41, 5.74) is 1.84. The standard InChI is InChI=1S/C18H21Cl2NO2/c1-2-8-23-18-15(19)9-13(10-16(18)20)11-21-12-17(22)14-6-4-3-5-7-14/h3-7,9-10,17,21-22H,2,8,11-12H2,1H3/t17-/m0/s1. The van der Waals surface area contributed by atoms with Crippen LogP contribution in [0.15, 0.2) is 42.5 Å². The van der Waals surface area contributed by atoms with Crippen molar-refractivity contribution in [1.82, 2.24) is 5.32 Å². The molecule has 0 amide bonds. The zero-order chi connectivity index (χ0) is 16.7. The summed E-state index contributed by atoms with van der Waals surface area (Å²) in [6.07, 6.45) is 0.349. The van der Waals surface area contributed by atoms with Gasteiger partial charge in [-0.2, -0.15) is 0 Å². The minimum absolute atomic E-state index is 0.452. The molecular weight excluding hydrogens is 333 g/mol. The molecule has 2 aromatic rings.